The van der Waals surface area contributed by atoms with Crippen molar-refractivity contribution < 1.29 is 14.7 Å². The molecule has 0 unspecified atom stereocenters. The predicted octanol–water partition coefficient (Wildman–Crippen LogP) is 3.16. The first kappa shape index (κ1) is 29.2. The van der Waals surface area contributed by atoms with E-state index in [4.69, 9.17) is 5.73 Å². The maximum Gasteiger partial charge on any atom is 0.323 e. The molecule has 11 heteroatoms. The van der Waals surface area contributed by atoms with Gasteiger partial charge in [-0.1, -0.05) is 6.92 Å². The number of benzene rings is 1. The number of nitrogens with zero attached hydrogens (tertiary/aromatic N) is 2. The number of nitrogens with one attached hydrogen (secondary N) is 2. The molecular formula is C21H31Cl2N5O4. The van der Waals surface area contributed by atoms with Crippen molar-refractivity contribution in [1.29, 1.82) is 0 Å². The van der Waals surface area contributed by atoms with Gasteiger partial charge in [0.2, 0.25) is 0 Å². The molecular weight excluding hydrogens is 457 g/mol. The maximum atomic E-state index is 12.9. The van der Waals surface area contributed by atoms with Gasteiger partial charge in [0, 0.05) is 28.4 Å². The van der Waals surface area contributed by atoms with Crippen LogP contribution in [0.15, 0.2) is 29.2 Å². The van der Waals surface area contributed by atoms with Crippen molar-refractivity contribution in [2.24, 2.45) is 0 Å². The van der Waals surface area contributed by atoms with Crippen molar-refractivity contribution in [2.75, 3.05) is 11.1 Å². The number of carbonyl (C=O) groups is 2. The Hall–Kier alpha value is -2.78. The lowest BCUT2D eigenvalue weighted by molar-refractivity contribution is -0.137. The minimum Gasteiger partial charge on any atom is -0.480 e. The third kappa shape index (κ3) is 7.72. The fraction of sp³-hybridized carbons (Fsp3) is 0.429. The monoisotopic (exact) mass is 487 g/mol. The van der Waals surface area contributed by atoms with Crippen molar-refractivity contribution in [3.63, 3.8) is 0 Å². The van der Waals surface area contributed by atoms with E-state index in [1.165, 1.54) is 12.3 Å². The number of aromatic nitrogens is 2. The summed E-state index contributed by atoms with van der Waals surface area (Å²) in [6.45, 7) is 8.88. The summed E-state index contributed by atoms with van der Waals surface area (Å²) in [4.78, 5) is 41.1. The van der Waals surface area contributed by atoms with Gasteiger partial charge >= 0.3 is 5.97 Å². The van der Waals surface area contributed by atoms with Crippen molar-refractivity contribution >= 4 is 48.2 Å². The molecule has 1 amide bonds. The molecule has 9 nitrogen and oxygen atoms in total. The first-order chi connectivity index (χ1) is 13.9. The second-order valence-corrected chi connectivity index (χ2v) is 8.28. The standard InChI is InChI=1S/C21H29N5O4.2ClH/c1-6-12(2)24-19(29)14-7-13(8-15(22)9-14)16-10-23-18(25-21(3,4)5)20(30)26(16)11-17(27)28;;/h7-10,12H,6,11,22H2,1-5H3,(H,23,25)(H,24,29)(H,27,28);2*1H/t12-;;/m1../s1. The first-order valence-electron chi connectivity index (χ1n) is 9.73. The number of aliphatic carboxylic acids is 1. The number of rotatable bonds is 7. The third-order valence-corrected chi connectivity index (χ3v) is 4.34. The lowest BCUT2D eigenvalue weighted by Gasteiger charge is -2.22. The molecule has 0 aliphatic rings. The van der Waals surface area contributed by atoms with Crippen LogP contribution in [0, 0.1) is 0 Å². The number of anilines is 2. The number of amides is 1. The van der Waals surface area contributed by atoms with Gasteiger partial charge in [-0.05, 0) is 52.3 Å². The summed E-state index contributed by atoms with van der Waals surface area (Å²) in [5.41, 5.74) is 6.29. The number of nitrogens with two attached hydrogens (primary N) is 1. The van der Waals surface area contributed by atoms with Crippen LogP contribution in [-0.2, 0) is 11.3 Å². The molecule has 0 radical (unpaired) electrons. The van der Waals surface area contributed by atoms with Gasteiger partial charge in [-0.3, -0.25) is 19.0 Å². The molecule has 0 aliphatic heterocycles. The zero-order chi connectivity index (χ0) is 22.6. The molecule has 1 heterocycles. The minimum atomic E-state index is -1.18. The summed E-state index contributed by atoms with van der Waals surface area (Å²) in [6.07, 6.45) is 2.18. The highest BCUT2D eigenvalue weighted by atomic mass is 35.5. The van der Waals surface area contributed by atoms with Gasteiger partial charge in [-0.25, -0.2) is 4.98 Å². The van der Waals surface area contributed by atoms with Crippen LogP contribution >= 0.6 is 24.8 Å². The van der Waals surface area contributed by atoms with Gasteiger partial charge in [-0.15, -0.1) is 24.8 Å². The van der Waals surface area contributed by atoms with Gasteiger partial charge in [0.25, 0.3) is 11.5 Å². The SMILES string of the molecule is CC[C@@H](C)NC(=O)c1cc(N)cc(-c2cnc(NC(C)(C)C)c(=O)n2CC(=O)O)c1.Cl.Cl. The molecule has 1 atom stereocenters. The van der Waals surface area contributed by atoms with E-state index < -0.39 is 23.6 Å². The van der Waals surface area contributed by atoms with Gasteiger partial charge < -0.3 is 21.5 Å². The Kier molecular flexibility index (Phi) is 10.7. The summed E-state index contributed by atoms with van der Waals surface area (Å²) in [5, 5.41) is 15.2. The molecule has 0 spiro atoms. The van der Waals surface area contributed by atoms with Crippen LogP contribution in [0.4, 0.5) is 11.5 Å². The van der Waals surface area contributed by atoms with Crippen LogP contribution in [0.5, 0.6) is 0 Å². The van der Waals surface area contributed by atoms with Crippen LogP contribution in [0.3, 0.4) is 0 Å². The largest absolute Gasteiger partial charge is 0.480 e. The zero-order valence-electron chi connectivity index (χ0n) is 18.8. The molecule has 1 aromatic carbocycles. The average molecular weight is 488 g/mol. The number of carboxylic acid groups (broad SMARTS) is 1. The molecule has 32 heavy (non-hydrogen) atoms. The Labute approximate surface area is 199 Å². The first-order valence-corrected chi connectivity index (χ1v) is 9.73. The van der Waals surface area contributed by atoms with Crippen molar-refractivity contribution in [1.82, 2.24) is 14.9 Å². The van der Waals surface area contributed by atoms with Crippen molar-refractivity contribution in [3.05, 3.63) is 40.3 Å². The predicted molar refractivity (Wildman–Crippen MR) is 131 cm³/mol. The van der Waals surface area contributed by atoms with Crippen LogP contribution in [0.1, 0.15) is 51.4 Å². The number of carbonyl (C=O) groups excluding carboxylic acids is 1. The maximum absolute atomic E-state index is 12.9. The number of hydrogen-bond acceptors (Lipinski definition) is 6. The van der Waals surface area contributed by atoms with Gasteiger partial charge in [-0.2, -0.15) is 0 Å². The van der Waals surface area contributed by atoms with E-state index in [1.807, 2.05) is 34.6 Å². The van der Waals surface area contributed by atoms with Gasteiger partial charge in [0.1, 0.15) is 6.54 Å². The molecule has 0 aliphatic carbocycles. The fourth-order valence-corrected chi connectivity index (χ4v) is 2.79. The average Bonchev–Trinajstić information content (AvgIpc) is 2.63. The molecule has 0 bridgehead atoms. The van der Waals surface area contributed by atoms with E-state index in [0.717, 1.165) is 11.0 Å². The summed E-state index contributed by atoms with van der Waals surface area (Å²) in [7, 11) is 0. The van der Waals surface area contributed by atoms with E-state index >= 15 is 0 Å². The Morgan fingerprint density at radius 3 is 2.38 bits per heavy atom. The molecule has 0 fully saturated rings. The van der Waals surface area contributed by atoms with Crippen LogP contribution in [0.2, 0.25) is 0 Å². The molecule has 5 N–H and O–H groups in total. The lowest BCUT2D eigenvalue weighted by atomic mass is 10.1. The lowest BCUT2D eigenvalue weighted by Crippen LogP contribution is -2.35. The highest BCUT2D eigenvalue weighted by Gasteiger charge is 2.19. The molecule has 0 saturated heterocycles. The molecule has 1 aromatic heterocycles. The zero-order valence-corrected chi connectivity index (χ0v) is 20.4. The highest BCUT2D eigenvalue weighted by molar-refractivity contribution is 5.96. The number of halogens is 2. The van der Waals surface area contributed by atoms with E-state index in [1.54, 1.807) is 12.1 Å². The minimum absolute atomic E-state index is 0. The van der Waals surface area contributed by atoms with Crippen LogP contribution in [0.25, 0.3) is 11.3 Å². The number of nitrogen functional groups attached to an aromatic ring is 1. The topological polar surface area (TPSA) is 139 Å². The molecule has 2 aromatic rings. The van der Waals surface area contributed by atoms with Crippen molar-refractivity contribution in [3.8, 4) is 11.3 Å². The summed E-state index contributed by atoms with van der Waals surface area (Å²) < 4.78 is 1.11. The smallest absolute Gasteiger partial charge is 0.323 e. The van der Waals surface area contributed by atoms with Gasteiger partial charge in [0.15, 0.2) is 5.82 Å². The van der Waals surface area contributed by atoms with E-state index in [0.29, 0.717) is 16.8 Å². The van der Waals surface area contributed by atoms with Crippen LogP contribution in [-0.4, -0.2) is 38.1 Å². The second kappa shape index (κ2) is 11.7. The summed E-state index contributed by atoms with van der Waals surface area (Å²) in [5.74, 6) is -1.43. The molecule has 2 rings (SSSR count). The number of hydrogen-bond donors (Lipinski definition) is 4. The van der Waals surface area contributed by atoms with E-state index in [2.05, 4.69) is 15.6 Å². The van der Waals surface area contributed by atoms with Crippen molar-refractivity contribution in [2.45, 2.75) is 59.2 Å². The Bertz CT molecular complexity index is 1020. The molecule has 178 valence electrons. The molecule has 0 saturated carbocycles. The second-order valence-electron chi connectivity index (χ2n) is 8.28. The Morgan fingerprint density at radius 2 is 1.84 bits per heavy atom. The Balaban J connectivity index is 0.00000480. The van der Waals surface area contributed by atoms with Gasteiger partial charge in [0.05, 0.1) is 11.9 Å². The quantitative estimate of drug-likeness (QED) is 0.439. The van der Waals surface area contributed by atoms with E-state index in [-0.39, 0.29) is 48.3 Å². The Morgan fingerprint density at radius 1 is 1.22 bits per heavy atom. The van der Waals surface area contributed by atoms with Crippen LogP contribution < -0.4 is 21.9 Å². The fourth-order valence-electron chi connectivity index (χ4n) is 2.79. The highest BCUT2D eigenvalue weighted by Crippen LogP contribution is 2.24. The number of carboxylic acids is 1. The normalized spacial score (nSPS) is 11.5. The summed E-state index contributed by atoms with van der Waals surface area (Å²) >= 11 is 0. The third-order valence-electron chi connectivity index (χ3n) is 4.34. The summed E-state index contributed by atoms with van der Waals surface area (Å²) in [6, 6.07) is 4.66. The van der Waals surface area contributed by atoms with E-state index in [9.17, 15) is 19.5 Å².